The van der Waals surface area contributed by atoms with Gasteiger partial charge < -0.3 is 15.2 Å². The molecule has 0 aromatic carbocycles. The van der Waals surface area contributed by atoms with Crippen LogP contribution in [0.5, 0.6) is 0 Å². The molecule has 0 aliphatic heterocycles. The molecule has 0 spiro atoms. The summed E-state index contributed by atoms with van der Waals surface area (Å²) >= 11 is 1.49. The van der Waals surface area contributed by atoms with Crippen LogP contribution >= 0.6 is 11.3 Å². The minimum atomic E-state index is -0.533. The van der Waals surface area contributed by atoms with Gasteiger partial charge in [-0.05, 0) is 20.8 Å². The number of aliphatic hydroxyl groups excluding tert-OH is 1. The van der Waals surface area contributed by atoms with Crippen LogP contribution in [0.4, 0.5) is 4.79 Å². The summed E-state index contributed by atoms with van der Waals surface area (Å²) in [5.74, 6) is 0. The molecular weight excluding hydrogens is 240 g/mol. The van der Waals surface area contributed by atoms with Gasteiger partial charge in [0, 0.05) is 17.5 Å². The van der Waals surface area contributed by atoms with Gasteiger partial charge in [-0.25, -0.2) is 4.79 Å². The molecule has 1 amide bonds. The predicted octanol–water partition coefficient (Wildman–Crippen LogP) is 1.57. The molecule has 0 radical (unpaired) electrons. The maximum absolute atomic E-state index is 11.5. The molecule has 1 aromatic rings. The van der Waals surface area contributed by atoms with Gasteiger partial charge >= 0.3 is 6.09 Å². The van der Waals surface area contributed by atoms with E-state index >= 15 is 0 Å². The second-order valence-corrected chi connectivity index (χ2v) is 5.67. The van der Waals surface area contributed by atoms with E-state index in [9.17, 15) is 9.90 Å². The summed E-state index contributed by atoms with van der Waals surface area (Å²) in [6, 6.07) is -0.342. The van der Waals surface area contributed by atoms with Crippen LogP contribution in [0.3, 0.4) is 0 Å². The second kappa shape index (κ2) is 5.97. The fourth-order valence-corrected chi connectivity index (χ4v) is 1.90. The van der Waals surface area contributed by atoms with Crippen molar-refractivity contribution in [2.24, 2.45) is 0 Å². The normalized spacial score (nSPS) is 13.2. The number of aromatic nitrogens is 1. The lowest BCUT2D eigenvalue weighted by molar-refractivity contribution is 0.0483. The highest BCUT2D eigenvalue weighted by molar-refractivity contribution is 7.09. The minimum Gasteiger partial charge on any atom is -0.444 e. The van der Waals surface area contributed by atoms with Gasteiger partial charge in [0.05, 0.1) is 18.2 Å². The highest BCUT2D eigenvalue weighted by Crippen LogP contribution is 2.10. The molecule has 1 atom stereocenters. The zero-order chi connectivity index (χ0) is 12.9. The van der Waals surface area contributed by atoms with E-state index in [0.717, 1.165) is 4.88 Å². The van der Waals surface area contributed by atoms with Gasteiger partial charge in [0.1, 0.15) is 5.60 Å². The summed E-state index contributed by atoms with van der Waals surface area (Å²) < 4.78 is 5.12. The molecule has 1 heterocycles. The highest BCUT2D eigenvalue weighted by Gasteiger charge is 2.19. The van der Waals surface area contributed by atoms with Crippen molar-refractivity contribution in [1.82, 2.24) is 10.3 Å². The maximum Gasteiger partial charge on any atom is 0.407 e. The number of thiazole rings is 1. The number of nitrogens with zero attached hydrogens (tertiary/aromatic N) is 1. The van der Waals surface area contributed by atoms with Crippen LogP contribution in [-0.2, 0) is 11.2 Å². The number of alkyl carbamates (subject to hydrolysis) is 1. The molecule has 6 heteroatoms. The van der Waals surface area contributed by atoms with E-state index in [1.807, 2.05) is 0 Å². The van der Waals surface area contributed by atoms with Crippen LogP contribution in [0, 0.1) is 0 Å². The molecule has 0 fully saturated rings. The number of amides is 1. The zero-order valence-electron chi connectivity index (χ0n) is 10.3. The molecule has 17 heavy (non-hydrogen) atoms. The van der Waals surface area contributed by atoms with Crippen molar-refractivity contribution in [1.29, 1.82) is 0 Å². The van der Waals surface area contributed by atoms with Crippen molar-refractivity contribution in [3.63, 3.8) is 0 Å². The van der Waals surface area contributed by atoms with Crippen molar-refractivity contribution in [2.45, 2.75) is 38.8 Å². The number of aliphatic hydroxyl groups is 1. The van der Waals surface area contributed by atoms with Crippen molar-refractivity contribution in [3.8, 4) is 0 Å². The number of hydrogen-bond acceptors (Lipinski definition) is 5. The molecule has 1 aromatic heterocycles. The molecule has 0 bridgehead atoms. The molecule has 0 aliphatic rings. The third kappa shape index (κ3) is 5.65. The number of ether oxygens (including phenoxy) is 1. The van der Waals surface area contributed by atoms with E-state index in [4.69, 9.17) is 4.74 Å². The Balaban J connectivity index is 2.44. The highest BCUT2D eigenvalue weighted by atomic mass is 32.1. The van der Waals surface area contributed by atoms with Crippen LogP contribution < -0.4 is 5.32 Å². The average molecular weight is 258 g/mol. The van der Waals surface area contributed by atoms with Gasteiger partial charge in [-0.15, -0.1) is 11.3 Å². The Bertz CT molecular complexity index is 346. The molecule has 0 saturated carbocycles. The van der Waals surface area contributed by atoms with E-state index < -0.39 is 11.7 Å². The first kappa shape index (κ1) is 13.9. The van der Waals surface area contributed by atoms with Gasteiger partial charge in [0.2, 0.25) is 0 Å². The fraction of sp³-hybridized carbons (Fsp3) is 0.636. The number of carbonyl (C=O) groups is 1. The quantitative estimate of drug-likeness (QED) is 0.860. The Kier molecular flexibility index (Phi) is 4.89. The average Bonchev–Trinajstić information content (AvgIpc) is 2.66. The minimum absolute atomic E-state index is 0.128. The van der Waals surface area contributed by atoms with Crippen LogP contribution in [0.15, 0.2) is 11.7 Å². The molecule has 1 rings (SSSR count). The van der Waals surface area contributed by atoms with Gasteiger partial charge in [-0.1, -0.05) is 0 Å². The largest absolute Gasteiger partial charge is 0.444 e. The predicted molar refractivity (Wildman–Crippen MR) is 66.1 cm³/mol. The third-order valence-corrected chi connectivity index (χ3v) is 2.67. The topological polar surface area (TPSA) is 71.5 Å². The number of hydrogen-bond donors (Lipinski definition) is 2. The van der Waals surface area contributed by atoms with Gasteiger partial charge in [-0.2, -0.15) is 0 Å². The lowest BCUT2D eigenvalue weighted by Crippen LogP contribution is -2.42. The van der Waals surface area contributed by atoms with Crippen molar-refractivity contribution >= 4 is 17.4 Å². The lowest BCUT2D eigenvalue weighted by atomic mass is 10.2. The molecule has 1 unspecified atom stereocenters. The molecule has 0 aliphatic carbocycles. The van der Waals surface area contributed by atoms with E-state index in [0.29, 0.717) is 6.42 Å². The molecule has 96 valence electrons. The summed E-state index contributed by atoms with van der Waals surface area (Å²) in [5.41, 5.74) is 1.19. The zero-order valence-corrected chi connectivity index (χ0v) is 11.1. The third-order valence-electron chi connectivity index (χ3n) is 1.87. The van der Waals surface area contributed by atoms with Crippen LogP contribution in [0.2, 0.25) is 0 Å². The van der Waals surface area contributed by atoms with Crippen LogP contribution in [0.1, 0.15) is 25.6 Å². The van der Waals surface area contributed by atoms with Crippen LogP contribution in [0.25, 0.3) is 0 Å². The van der Waals surface area contributed by atoms with E-state index in [1.54, 1.807) is 32.5 Å². The summed E-state index contributed by atoms with van der Waals surface area (Å²) in [4.78, 5) is 16.5. The maximum atomic E-state index is 11.5. The van der Waals surface area contributed by atoms with Crippen molar-refractivity contribution < 1.29 is 14.6 Å². The van der Waals surface area contributed by atoms with Crippen LogP contribution in [-0.4, -0.2) is 34.4 Å². The first-order valence-corrected chi connectivity index (χ1v) is 6.26. The van der Waals surface area contributed by atoms with Gasteiger partial charge in [0.15, 0.2) is 0 Å². The van der Waals surface area contributed by atoms with Gasteiger partial charge in [0.25, 0.3) is 0 Å². The number of nitrogens with one attached hydrogen (secondary N) is 1. The summed E-state index contributed by atoms with van der Waals surface area (Å²) in [6.07, 6.45) is 1.77. The summed E-state index contributed by atoms with van der Waals surface area (Å²) in [6.45, 7) is 5.26. The van der Waals surface area contributed by atoms with Crippen molar-refractivity contribution in [3.05, 3.63) is 16.6 Å². The fourth-order valence-electron chi connectivity index (χ4n) is 1.22. The summed E-state index contributed by atoms with van der Waals surface area (Å²) in [5, 5.41) is 11.8. The van der Waals surface area contributed by atoms with E-state index in [-0.39, 0.29) is 12.6 Å². The number of carbonyl (C=O) groups excluding carboxylic acids is 1. The summed E-state index contributed by atoms with van der Waals surface area (Å²) in [7, 11) is 0. The SMILES string of the molecule is CC(C)(C)OC(=O)NC(CO)Cc1cncs1. The Morgan fingerprint density at radius 1 is 1.65 bits per heavy atom. The lowest BCUT2D eigenvalue weighted by Gasteiger charge is -2.22. The second-order valence-electron chi connectivity index (χ2n) is 4.70. The molecular formula is C11H18N2O3S. The van der Waals surface area contributed by atoms with E-state index in [2.05, 4.69) is 10.3 Å². The Labute approximate surface area is 105 Å². The molecule has 5 nitrogen and oxygen atoms in total. The van der Waals surface area contributed by atoms with E-state index in [1.165, 1.54) is 11.3 Å². The Morgan fingerprint density at radius 3 is 2.82 bits per heavy atom. The first-order chi connectivity index (χ1) is 7.90. The van der Waals surface area contributed by atoms with Crippen molar-refractivity contribution in [2.75, 3.05) is 6.61 Å². The number of rotatable bonds is 4. The Hall–Kier alpha value is -1.14. The standard InChI is InChI=1S/C11H18N2O3S/c1-11(2,3)16-10(15)13-8(6-14)4-9-5-12-7-17-9/h5,7-8,14H,4,6H2,1-3H3,(H,13,15). The molecule has 2 N–H and O–H groups in total. The smallest absolute Gasteiger partial charge is 0.407 e. The Morgan fingerprint density at radius 2 is 2.35 bits per heavy atom. The van der Waals surface area contributed by atoms with Gasteiger partial charge in [-0.3, -0.25) is 4.98 Å². The molecule has 0 saturated heterocycles. The monoisotopic (exact) mass is 258 g/mol. The first-order valence-electron chi connectivity index (χ1n) is 5.38.